The Labute approximate surface area is 114 Å². The predicted molar refractivity (Wildman–Crippen MR) is 78.1 cm³/mol. The third-order valence-corrected chi connectivity index (χ3v) is 3.67. The molecule has 0 aromatic heterocycles. The molecule has 1 aliphatic heterocycles. The largest absolute Gasteiger partial charge is 0.330 e. The minimum absolute atomic E-state index is 0.208. The van der Waals surface area contributed by atoms with Crippen molar-refractivity contribution in [3.05, 3.63) is 29.3 Å². The van der Waals surface area contributed by atoms with E-state index in [2.05, 4.69) is 25.1 Å². The van der Waals surface area contributed by atoms with Gasteiger partial charge in [-0.3, -0.25) is 4.79 Å². The number of nitrogens with two attached hydrogens (primary N) is 2. The van der Waals surface area contributed by atoms with E-state index >= 15 is 0 Å². The lowest BCUT2D eigenvalue weighted by atomic mass is 9.96. The van der Waals surface area contributed by atoms with E-state index in [-0.39, 0.29) is 5.91 Å². The summed E-state index contributed by atoms with van der Waals surface area (Å²) in [5.41, 5.74) is 14.8. The van der Waals surface area contributed by atoms with Crippen molar-refractivity contribution in [1.29, 1.82) is 0 Å². The molecule has 4 N–H and O–H groups in total. The van der Waals surface area contributed by atoms with Crippen LogP contribution in [-0.2, 0) is 17.6 Å². The van der Waals surface area contributed by atoms with E-state index in [9.17, 15) is 4.79 Å². The number of hydrogen-bond donors (Lipinski definition) is 2. The van der Waals surface area contributed by atoms with Crippen LogP contribution in [0.5, 0.6) is 0 Å². The lowest BCUT2D eigenvalue weighted by Gasteiger charge is -2.31. The Kier molecular flexibility index (Phi) is 4.56. The van der Waals surface area contributed by atoms with Crippen LogP contribution in [0.3, 0.4) is 0 Å². The highest BCUT2D eigenvalue weighted by Gasteiger charge is 2.25. The highest BCUT2D eigenvalue weighted by molar-refractivity contribution is 5.96. The average Bonchev–Trinajstić information content (AvgIpc) is 2.42. The van der Waals surface area contributed by atoms with Gasteiger partial charge in [0.05, 0.1) is 0 Å². The minimum atomic E-state index is 0.208. The summed E-state index contributed by atoms with van der Waals surface area (Å²) in [5, 5.41) is 0. The standard InChI is InChI=1S/C15H23N3O/c1-11(9-17)10-18-14-4-2-12(6-7-16)8-13(14)3-5-15(18)19/h2,4,8,11H,3,5-7,9-10,16-17H2,1H3. The number of fused-ring (bicyclic) bond motifs is 1. The topological polar surface area (TPSA) is 72.3 Å². The minimum Gasteiger partial charge on any atom is -0.330 e. The summed E-state index contributed by atoms with van der Waals surface area (Å²) in [6.45, 7) is 4.04. The maximum absolute atomic E-state index is 12.1. The van der Waals surface area contributed by atoms with E-state index in [1.54, 1.807) is 0 Å². The van der Waals surface area contributed by atoms with Crippen LogP contribution < -0.4 is 16.4 Å². The van der Waals surface area contributed by atoms with Gasteiger partial charge in [-0.25, -0.2) is 0 Å². The summed E-state index contributed by atoms with van der Waals surface area (Å²) in [4.78, 5) is 14.0. The molecule has 1 aromatic rings. The van der Waals surface area contributed by atoms with Crippen molar-refractivity contribution in [1.82, 2.24) is 0 Å². The number of carbonyl (C=O) groups is 1. The summed E-state index contributed by atoms with van der Waals surface area (Å²) in [5.74, 6) is 0.526. The smallest absolute Gasteiger partial charge is 0.227 e. The van der Waals surface area contributed by atoms with E-state index in [4.69, 9.17) is 11.5 Å². The lowest BCUT2D eigenvalue weighted by molar-refractivity contribution is -0.119. The fourth-order valence-corrected chi connectivity index (χ4v) is 2.52. The van der Waals surface area contributed by atoms with Crippen molar-refractivity contribution in [2.45, 2.75) is 26.2 Å². The molecule has 0 saturated carbocycles. The number of amides is 1. The van der Waals surface area contributed by atoms with Crippen LogP contribution in [0, 0.1) is 5.92 Å². The van der Waals surface area contributed by atoms with Crippen molar-refractivity contribution < 1.29 is 4.79 Å². The van der Waals surface area contributed by atoms with Crippen LogP contribution in [0.4, 0.5) is 5.69 Å². The molecule has 0 spiro atoms. The first-order chi connectivity index (χ1) is 9.15. The zero-order chi connectivity index (χ0) is 13.8. The molecule has 1 aliphatic rings. The number of anilines is 1. The van der Waals surface area contributed by atoms with Gasteiger partial charge in [0.25, 0.3) is 0 Å². The maximum atomic E-state index is 12.1. The molecule has 0 radical (unpaired) electrons. The number of carbonyl (C=O) groups excluding carboxylic acids is 1. The molecular formula is C15H23N3O. The third kappa shape index (κ3) is 3.14. The Morgan fingerprint density at radius 2 is 2.11 bits per heavy atom. The summed E-state index contributed by atoms with van der Waals surface area (Å²) >= 11 is 0. The Hall–Kier alpha value is -1.39. The molecule has 1 amide bonds. The van der Waals surface area contributed by atoms with Gasteiger partial charge in [0.2, 0.25) is 5.91 Å². The van der Waals surface area contributed by atoms with Gasteiger partial charge in [0, 0.05) is 18.7 Å². The molecule has 0 aliphatic carbocycles. The van der Waals surface area contributed by atoms with Gasteiger partial charge in [-0.2, -0.15) is 0 Å². The Bertz CT molecular complexity index is 459. The highest BCUT2D eigenvalue weighted by atomic mass is 16.2. The van der Waals surface area contributed by atoms with Gasteiger partial charge >= 0.3 is 0 Å². The molecule has 4 nitrogen and oxygen atoms in total. The first kappa shape index (κ1) is 14.0. The van der Waals surface area contributed by atoms with Crippen molar-refractivity contribution in [2.75, 3.05) is 24.5 Å². The summed E-state index contributed by atoms with van der Waals surface area (Å²) in [6.07, 6.45) is 2.32. The fourth-order valence-electron chi connectivity index (χ4n) is 2.52. The van der Waals surface area contributed by atoms with E-state index in [0.29, 0.717) is 32.0 Å². The maximum Gasteiger partial charge on any atom is 0.227 e. The third-order valence-electron chi connectivity index (χ3n) is 3.67. The molecule has 1 heterocycles. The number of rotatable bonds is 5. The van der Waals surface area contributed by atoms with E-state index in [1.807, 2.05) is 4.90 Å². The molecule has 4 heteroatoms. The normalized spacial score (nSPS) is 16.4. The monoisotopic (exact) mass is 261 g/mol. The second-order valence-corrected chi connectivity index (χ2v) is 5.35. The van der Waals surface area contributed by atoms with Crippen LogP contribution in [0.15, 0.2) is 18.2 Å². The van der Waals surface area contributed by atoms with E-state index < -0.39 is 0 Å². The Morgan fingerprint density at radius 3 is 2.79 bits per heavy atom. The lowest BCUT2D eigenvalue weighted by Crippen LogP contribution is -2.39. The second kappa shape index (κ2) is 6.17. The van der Waals surface area contributed by atoms with E-state index in [0.717, 1.165) is 18.5 Å². The molecule has 1 atom stereocenters. The first-order valence-electron chi connectivity index (χ1n) is 6.98. The first-order valence-corrected chi connectivity index (χ1v) is 6.98. The number of hydrogen-bond acceptors (Lipinski definition) is 3. The Balaban J connectivity index is 2.26. The van der Waals surface area contributed by atoms with Crippen LogP contribution in [0.1, 0.15) is 24.5 Å². The van der Waals surface area contributed by atoms with Gasteiger partial charge in [-0.1, -0.05) is 19.1 Å². The van der Waals surface area contributed by atoms with Gasteiger partial charge in [-0.05, 0) is 49.0 Å². The molecule has 0 fully saturated rings. The van der Waals surface area contributed by atoms with Crippen LogP contribution >= 0.6 is 0 Å². The second-order valence-electron chi connectivity index (χ2n) is 5.35. The zero-order valence-corrected chi connectivity index (χ0v) is 11.6. The highest BCUT2D eigenvalue weighted by Crippen LogP contribution is 2.29. The molecule has 104 valence electrons. The summed E-state index contributed by atoms with van der Waals surface area (Å²) in [7, 11) is 0. The van der Waals surface area contributed by atoms with Gasteiger partial charge < -0.3 is 16.4 Å². The molecule has 1 unspecified atom stereocenters. The molecule has 19 heavy (non-hydrogen) atoms. The van der Waals surface area contributed by atoms with Crippen LogP contribution in [0.25, 0.3) is 0 Å². The van der Waals surface area contributed by atoms with Crippen molar-refractivity contribution in [3.63, 3.8) is 0 Å². The number of aryl methyl sites for hydroxylation is 1. The molecule has 0 saturated heterocycles. The quantitative estimate of drug-likeness (QED) is 0.832. The zero-order valence-electron chi connectivity index (χ0n) is 11.6. The summed E-state index contributed by atoms with van der Waals surface area (Å²) < 4.78 is 0. The Morgan fingerprint density at radius 1 is 1.32 bits per heavy atom. The van der Waals surface area contributed by atoms with Crippen molar-refractivity contribution in [3.8, 4) is 0 Å². The average molecular weight is 261 g/mol. The van der Waals surface area contributed by atoms with Gasteiger partial charge in [-0.15, -0.1) is 0 Å². The van der Waals surface area contributed by atoms with Crippen molar-refractivity contribution in [2.24, 2.45) is 17.4 Å². The summed E-state index contributed by atoms with van der Waals surface area (Å²) in [6, 6.07) is 6.32. The predicted octanol–water partition coefficient (Wildman–Crippen LogP) is 1.06. The fraction of sp³-hybridized carbons (Fsp3) is 0.533. The van der Waals surface area contributed by atoms with Gasteiger partial charge in [0.15, 0.2) is 0 Å². The SMILES string of the molecule is CC(CN)CN1C(=O)CCc2cc(CCN)ccc21. The van der Waals surface area contributed by atoms with Gasteiger partial charge in [0.1, 0.15) is 0 Å². The molecular weight excluding hydrogens is 238 g/mol. The number of benzene rings is 1. The number of nitrogens with zero attached hydrogens (tertiary/aromatic N) is 1. The van der Waals surface area contributed by atoms with Crippen molar-refractivity contribution >= 4 is 11.6 Å². The van der Waals surface area contributed by atoms with E-state index in [1.165, 1.54) is 11.1 Å². The molecule has 0 bridgehead atoms. The van der Waals surface area contributed by atoms with Crippen LogP contribution in [0.2, 0.25) is 0 Å². The van der Waals surface area contributed by atoms with Crippen LogP contribution in [-0.4, -0.2) is 25.5 Å². The molecule has 2 rings (SSSR count). The molecule has 1 aromatic carbocycles.